The van der Waals surface area contributed by atoms with Crippen molar-refractivity contribution >= 4 is 17.7 Å². The van der Waals surface area contributed by atoms with Gasteiger partial charge in [0.25, 0.3) is 0 Å². The van der Waals surface area contributed by atoms with E-state index in [0.29, 0.717) is 0 Å². The van der Waals surface area contributed by atoms with Crippen LogP contribution in [0.4, 0.5) is 10.5 Å². The topological polar surface area (TPSA) is 105 Å². The van der Waals surface area contributed by atoms with Gasteiger partial charge >= 0.3 is 12.1 Å². The van der Waals surface area contributed by atoms with Gasteiger partial charge in [0.2, 0.25) is 0 Å². The van der Waals surface area contributed by atoms with Crippen molar-refractivity contribution in [1.82, 2.24) is 0 Å². The van der Waals surface area contributed by atoms with Crippen molar-refractivity contribution < 1.29 is 29.3 Å². The predicted molar refractivity (Wildman–Crippen MR) is 81.9 cm³/mol. The number of amides is 1. The van der Waals surface area contributed by atoms with Crippen LogP contribution in [0.1, 0.15) is 15.9 Å². The van der Waals surface area contributed by atoms with Crippen LogP contribution in [0, 0.1) is 0 Å². The number of aromatic carboxylic acids is 1. The Kier molecular flexibility index (Phi) is 5.03. The molecule has 0 atom stereocenters. The minimum absolute atomic E-state index is 0.0355. The van der Waals surface area contributed by atoms with Gasteiger partial charge in [-0.25, -0.2) is 9.59 Å². The zero-order chi connectivity index (χ0) is 16.8. The lowest BCUT2D eigenvalue weighted by Gasteiger charge is -2.12. The molecule has 0 aliphatic rings. The molecule has 1 amide bonds. The molecule has 2 rings (SSSR count). The van der Waals surface area contributed by atoms with E-state index in [-0.39, 0.29) is 29.4 Å². The standard InChI is InChI=1S/C16H15NO6/c1-22-14-8-12(11(15(19)20)7-13(14)18)17-16(21)23-9-10-5-3-2-4-6-10/h2-8,18H,9H2,1H3,(H,17,21)(H,19,20). The number of phenolic OH excluding ortho intramolecular Hbond substituents is 1. The van der Waals surface area contributed by atoms with E-state index in [1.54, 1.807) is 12.1 Å². The summed E-state index contributed by atoms with van der Waals surface area (Å²) in [7, 11) is 1.31. The molecule has 0 unspecified atom stereocenters. The quantitative estimate of drug-likeness (QED) is 0.732. The lowest BCUT2D eigenvalue weighted by molar-refractivity contribution is 0.0697. The summed E-state index contributed by atoms with van der Waals surface area (Å²) >= 11 is 0. The van der Waals surface area contributed by atoms with Crippen molar-refractivity contribution in [2.45, 2.75) is 6.61 Å². The first kappa shape index (κ1) is 16.2. The lowest BCUT2D eigenvalue weighted by atomic mass is 10.1. The fraction of sp³-hybridized carbons (Fsp3) is 0.125. The van der Waals surface area contributed by atoms with E-state index in [0.717, 1.165) is 11.6 Å². The highest BCUT2D eigenvalue weighted by Gasteiger charge is 2.17. The Bertz CT molecular complexity index is 714. The number of carbonyl (C=O) groups is 2. The number of carboxylic acids is 1. The maximum atomic E-state index is 11.8. The van der Waals surface area contributed by atoms with Gasteiger partial charge in [0.1, 0.15) is 6.61 Å². The van der Waals surface area contributed by atoms with Gasteiger partial charge in [-0.3, -0.25) is 5.32 Å². The highest BCUT2D eigenvalue weighted by atomic mass is 16.5. The van der Waals surface area contributed by atoms with Gasteiger partial charge < -0.3 is 19.7 Å². The second kappa shape index (κ2) is 7.17. The van der Waals surface area contributed by atoms with E-state index in [1.165, 1.54) is 13.2 Å². The zero-order valence-electron chi connectivity index (χ0n) is 12.3. The number of rotatable bonds is 5. The van der Waals surface area contributed by atoms with Gasteiger partial charge in [-0.15, -0.1) is 0 Å². The number of carboxylic acid groups (broad SMARTS) is 1. The summed E-state index contributed by atoms with van der Waals surface area (Å²) < 4.78 is 9.92. The van der Waals surface area contributed by atoms with Crippen LogP contribution in [0.3, 0.4) is 0 Å². The van der Waals surface area contributed by atoms with E-state index in [9.17, 15) is 14.7 Å². The highest BCUT2D eigenvalue weighted by Crippen LogP contribution is 2.32. The van der Waals surface area contributed by atoms with Crippen LogP contribution in [-0.4, -0.2) is 29.4 Å². The molecule has 3 N–H and O–H groups in total. The van der Waals surface area contributed by atoms with Crippen molar-refractivity contribution in [3.05, 3.63) is 53.6 Å². The summed E-state index contributed by atoms with van der Waals surface area (Å²) in [6, 6.07) is 11.2. The van der Waals surface area contributed by atoms with Crippen LogP contribution in [0.2, 0.25) is 0 Å². The summed E-state index contributed by atoms with van der Waals surface area (Å²) in [6.45, 7) is 0.0459. The summed E-state index contributed by atoms with van der Waals surface area (Å²) in [5.41, 5.74) is 0.481. The highest BCUT2D eigenvalue weighted by molar-refractivity contribution is 5.99. The Morgan fingerprint density at radius 2 is 1.87 bits per heavy atom. The van der Waals surface area contributed by atoms with Gasteiger partial charge in [0.05, 0.1) is 18.4 Å². The normalized spacial score (nSPS) is 9.96. The fourth-order valence-corrected chi connectivity index (χ4v) is 1.88. The summed E-state index contributed by atoms with van der Waals surface area (Å²) in [5, 5.41) is 21.1. The Labute approximate surface area is 132 Å². The summed E-state index contributed by atoms with van der Waals surface area (Å²) in [5.74, 6) is -1.61. The van der Waals surface area contributed by atoms with E-state index >= 15 is 0 Å². The first-order valence-electron chi connectivity index (χ1n) is 6.63. The summed E-state index contributed by atoms with van der Waals surface area (Å²) in [4.78, 5) is 23.0. The van der Waals surface area contributed by atoms with Crippen molar-refractivity contribution in [3.63, 3.8) is 0 Å². The van der Waals surface area contributed by atoms with Crippen LogP contribution in [0.5, 0.6) is 11.5 Å². The number of anilines is 1. The maximum absolute atomic E-state index is 11.8. The molecule has 0 saturated carbocycles. The Morgan fingerprint density at radius 3 is 2.48 bits per heavy atom. The number of ether oxygens (including phenoxy) is 2. The Hall–Kier alpha value is -3.22. The largest absolute Gasteiger partial charge is 0.504 e. The van der Waals surface area contributed by atoms with E-state index in [1.807, 2.05) is 18.2 Å². The van der Waals surface area contributed by atoms with Crippen molar-refractivity contribution in [2.24, 2.45) is 0 Å². The molecule has 0 aliphatic carbocycles. The second-order valence-electron chi connectivity index (χ2n) is 4.56. The number of carbonyl (C=O) groups excluding carboxylic acids is 1. The molecule has 7 heteroatoms. The van der Waals surface area contributed by atoms with Gasteiger partial charge in [-0.05, 0) is 5.56 Å². The van der Waals surface area contributed by atoms with E-state index in [2.05, 4.69) is 5.32 Å². The molecule has 0 aliphatic heterocycles. The molecule has 0 saturated heterocycles. The first-order chi connectivity index (χ1) is 11.0. The molecule has 23 heavy (non-hydrogen) atoms. The third-order valence-electron chi connectivity index (χ3n) is 3.00. The van der Waals surface area contributed by atoms with Crippen LogP contribution in [0.25, 0.3) is 0 Å². The molecule has 2 aromatic carbocycles. The number of nitrogens with one attached hydrogen (secondary N) is 1. The van der Waals surface area contributed by atoms with Crippen LogP contribution in [0.15, 0.2) is 42.5 Å². The maximum Gasteiger partial charge on any atom is 0.411 e. The average Bonchev–Trinajstić information content (AvgIpc) is 2.55. The monoisotopic (exact) mass is 317 g/mol. The number of hydrogen-bond acceptors (Lipinski definition) is 5. The average molecular weight is 317 g/mol. The molecule has 7 nitrogen and oxygen atoms in total. The molecule has 0 bridgehead atoms. The molecule has 0 fully saturated rings. The third-order valence-corrected chi connectivity index (χ3v) is 3.00. The van der Waals surface area contributed by atoms with Crippen molar-refractivity contribution in [2.75, 3.05) is 12.4 Å². The fourth-order valence-electron chi connectivity index (χ4n) is 1.88. The van der Waals surface area contributed by atoms with Gasteiger partial charge in [-0.1, -0.05) is 30.3 Å². The zero-order valence-corrected chi connectivity index (χ0v) is 12.3. The van der Waals surface area contributed by atoms with Gasteiger partial charge in [-0.2, -0.15) is 0 Å². The van der Waals surface area contributed by atoms with Crippen LogP contribution >= 0.6 is 0 Å². The third kappa shape index (κ3) is 4.13. The molecular weight excluding hydrogens is 302 g/mol. The Morgan fingerprint density at radius 1 is 1.17 bits per heavy atom. The Balaban J connectivity index is 2.11. The van der Waals surface area contributed by atoms with Crippen LogP contribution < -0.4 is 10.1 Å². The molecule has 0 radical (unpaired) electrons. The molecule has 2 aromatic rings. The molecular formula is C16H15NO6. The number of hydrogen-bond donors (Lipinski definition) is 3. The number of benzene rings is 2. The number of phenols is 1. The molecule has 0 aromatic heterocycles. The molecule has 120 valence electrons. The van der Waals surface area contributed by atoms with E-state index in [4.69, 9.17) is 14.6 Å². The smallest absolute Gasteiger partial charge is 0.411 e. The number of methoxy groups -OCH3 is 1. The molecule has 0 spiro atoms. The SMILES string of the molecule is COc1cc(NC(=O)OCc2ccccc2)c(C(=O)O)cc1O. The van der Waals surface area contributed by atoms with Gasteiger partial charge in [0.15, 0.2) is 11.5 Å². The lowest BCUT2D eigenvalue weighted by Crippen LogP contribution is -2.16. The van der Waals surface area contributed by atoms with E-state index < -0.39 is 12.1 Å². The minimum atomic E-state index is -1.30. The second-order valence-corrected chi connectivity index (χ2v) is 4.56. The molecule has 0 heterocycles. The van der Waals surface area contributed by atoms with Gasteiger partial charge in [0, 0.05) is 12.1 Å². The minimum Gasteiger partial charge on any atom is -0.504 e. The summed E-state index contributed by atoms with van der Waals surface area (Å²) in [6.07, 6.45) is -0.816. The number of aromatic hydroxyl groups is 1. The van der Waals surface area contributed by atoms with Crippen molar-refractivity contribution in [1.29, 1.82) is 0 Å². The van der Waals surface area contributed by atoms with Crippen LogP contribution in [-0.2, 0) is 11.3 Å². The van der Waals surface area contributed by atoms with Crippen molar-refractivity contribution in [3.8, 4) is 11.5 Å². The first-order valence-corrected chi connectivity index (χ1v) is 6.63. The predicted octanol–water partition coefficient (Wildman–Crippen LogP) is 2.85.